The highest BCUT2D eigenvalue weighted by molar-refractivity contribution is 5.82. The standard InChI is InChI=1S/C20H18FN3O4/c21-15-6-2-4-8-17(15)24-19(26)14-5-1-3-7-16(14)23(20(24)27)13-18(25)22-9-11-28-12-10-22/h1-8H,9-13H2. The first-order chi connectivity index (χ1) is 13.6. The van der Waals surface area contributed by atoms with Crippen LogP contribution in [0.25, 0.3) is 16.6 Å². The van der Waals surface area contributed by atoms with Gasteiger partial charge in [0.25, 0.3) is 5.56 Å². The molecule has 0 bridgehead atoms. The predicted molar refractivity (Wildman–Crippen MR) is 101 cm³/mol. The van der Waals surface area contributed by atoms with Crippen LogP contribution in [0.2, 0.25) is 0 Å². The molecule has 1 aliphatic heterocycles. The van der Waals surface area contributed by atoms with Crippen molar-refractivity contribution in [2.75, 3.05) is 26.3 Å². The lowest BCUT2D eigenvalue weighted by atomic mass is 10.2. The molecule has 0 spiro atoms. The van der Waals surface area contributed by atoms with Gasteiger partial charge in [0.2, 0.25) is 5.91 Å². The van der Waals surface area contributed by atoms with Crippen molar-refractivity contribution in [3.63, 3.8) is 0 Å². The fraction of sp³-hybridized carbons (Fsp3) is 0.250. The molecule has 1 aromatic heterocycles. The Kier molecular flexibility index (Phi) is 4.79. The molecule has 2 heterocycles. The molecule has 3 aromatic rings. The van der Waals surface area contributed by atoms with Crippen molar-refractivity contribution in [1.29, 1.82) is 0 Å². The molecule has 0 radical (unpaired) electrons. The van der Waals surface area contributed by atoms with Crippen LogP contribution >= 0.6 is 0 Å². The van der Waals surface area contributed by atoms with Gasteiger partial charge in [-0.05, 0) is 24.3 Å². The lowest BCUT2D eigenvalue weighted by Crippen LogP contribution is -2.46. The summed E-state index contributed by atoms with van der Waals surface area (Å²) in [5.41, 5.74) is -1.18. The molecule has 7 nitrogen and oxygen atoms in total. The van der Waals surface area contributed by atoms with Crippen LogP contribution in [0.1, 0.15) is 0 Å². The van der Waals surface area contributed by atoms with Gasteiger partial charge in [-0.2, -0.15) is 0 Å². The van der Waals surface area contributed by atoms with E-state index in [9.17, 15) is 18.8 Å². The van der Waals surface area contributed by atoms with E-state index >= 15 is 0 Å². The van der Waals surface area contributed by atoms with Gasteiger partial charge in [0.05, 0.1) is 29.8 Å². The van der Waals surface area contributed by atoms with E-state index < -0.39 is 17.1 Å². The molecular weight excluding hydrogens is 365 g/mol. The average molecular weight is 383 g/mol. The number of carbonyl (C=O) groups excluding carboxylic acids is 1. The van der Waals surface area contributed by atoms with Gasteiger partial charge in [-0.15, -0.1) is 0 Å². The minimum atomic E-state index is -0.754. The first-order valence-electron chi connectivity index (χ1n) is 8.93. The first-order valence-corrected chi connectivity index (χ1v) is 8.93. The van der Waals surface area contributed by atoms with Crippen LogP contribution in [0.5, 0.6) is 0 Å². The second-order valence-electron chi connectivity index (χ2n) is 6.47. The Balaban J connectivity index is 1.90. The van der Waals surface area contributed by atoms with Gasteiger partial charge in [0.15, 0.2) is 0 Å². The van der Waals surface area contributed by atoms with Crippen LogP contribution in [0, 0.1) is 5.82 Å². The van der Waals surface area contributed by atoms with Crippen LogP contribution < -0.4 is 11.2 Å². The van der Waals surface area contributed by atoms with Crippen LogP contribution in [0.15, 0.2) is 58.1 Å². The van der Waals surface area contributed by atoms with Crippen LogP contribution in [0.3, 0.4) is 0 Å². The van der Waals surface area contributed by atoms with Gasteiger partial charge >= 0.3 is 5.69 Å². The number of amides is 1. The molecule has 2 aromatic carbocycles. The molecule has 8 heteroatoms. The van der Waals surface area contributed by atoms with E-state index in [0.717, 1.165) is 4.57 Å². The van der Waals surface area contributed by atoms with E-state index in [2.05, 4.69) is 0 Å². The summed E-state index contributed by atoms with van der Waals surface area (Å²) < 4.78 is 21.6. The minimum absolute atomic E-state index is 0.143. The second kappa shape index (κ2) is 7.40. The lowest BCUT2D eigenvalue weighted by molar-refractivity contribution is -0.135. The van der Waals surface area contributed by atoms with Gasteiger partial charge in [0, 0.05) is 13.1 Å². The van der Waals surface area contributed by atoms with Gasteiger partial charge in [-0.3, -0.25) is 14.2 Å². The zero-order chi connectivity index (χ0) is 19.7. The molecule has 0 saturated carbocycles. The summed E-state index contributed by atoms with van der Waals surface area (Å²) in [6, 6.07) is 12.1. The zero-order valence-corrected chi connectivity index (χ0v) is 15.0. The highest BCUT2D eigenvalue weighted by Crippen LogP contribution is 2.13. The SMILES string of the molecule is O=C(Cn1c(=O)n(-c2ccccc2F)c(=O)c2ccccc21)N1CCOCC1. The summed E-state index contributed by atoms with van der Waals surface area (Å²) in [5, 5.41) is 0.236. The molecule has 1 saturated heterocycles. The Labute approximate surface area is 159 Å². The maximum atomic E-state index is 14.3. The molecular formula is C20H18FN3O4. The van der Waals surface area contributed by atoms with E-state index in [-0.39, 0.29) is 23.5 Å². The van der Waals surface area contributed by atoms with Crippen molar-refractivity contribution < 1.29 is 13.9 Å². The highest BCUT2D eigenvalue weighted by atomic mass is 19.1. The van der Waals surface area contributed by atoms with Crippen LogP contribution in [-0.2, 0) is 16.1 Å². The summed E-state index contributed by atoms with van der Waals surface area (Å²) in [6.45, 7) is 1.53. The summed E-state index contributed by atoms with van der Waals surface area (Å²) in [6.07, 6.45) is 0. The van der Waals surface area contributed by atoms with Crippen molar-refractivity contribution >= 4 is 16.8 Å². The fourth-order valence-corrected chi connectivity index (χ4v) is 3.37. The minimum Gasteiger partial charge on any atom is -0.378 e. The lowest BCUT2D eigenvalue weighted by Gasteiger charge is -2.27. The molecule has 28 heavy (non-hydrogen) atoms. The van der Waals surface area contributed by atoms with E-state index in [1.165, 1.54) is 22.8 Å². The summed E-state index contributed by atoms with van der Waals surface area (Å²) >= 11 is 0. The normalized spacial score (nSPS) is 14.4. The van der Waals surface area contributed by atoms with Gasteiger partial charge < -0.3 is 9.64 Å². The number of carbonyl (C=O) groups is 1. The number of para-hydroxylation sites is 2. The molecule has 1 fully saturated rings. The van der Waals surface area contributed by atoms with Crippen molar-refractivity contribution in [3.05, 3.63) is 75.2 Å². The third-order valence-corrected chi connectivity index (χ3v) is 4.80. The smallest absolute Gasteiger partial charge is 0.336 e. The predicted octanol–water partition coefficient (Wildman–Crippen LogP) is 1.15. The Morgan fingerprint density at radius 3 is 2.43 bits per heavy atom. The number of fused-ring (bicyclic) bond motifs is 1. The number of benzene rings is 2. The van der Waals surface area contributed by atoms with Crippen molar-refractivity contribution in [2.45, 2.75) is 6.54 Å². The second-order valence-corrected chi connectivity index (χ2v) is 6.47. The topological polar surface area (TPSA) is 73.5 Å². The number of hydrogen-bond acceptors (Lipinski definition) is 4. The zero-order valence-electron chi connectivity index (χ0n) is 15.0. The van der Waals surface area contributed by atoms with Crippen LogP contribution in [0.4, 0.5) is 4.39 Å². The number of nitrogens with zero attached hydrogens (tertiary/aromatic N) is 3. The van der Waals surface area contributed by atoms with Gasteiger partial charge in [-0.25, -0.2) is 13.8 Å². The summed E-state index contributed by atoms with van der Waals surface area (Å²) in [7, 11) is 0. The Bertz CT molecular complexity index is 1160. The van der Waals surface area contributed by atoms with Gasteiger partial charge in [0.1, 0.15) is 12.4 Å². The maximum absolute atomic E-state index is 14.3. The Morgan fingerprint density at radius 1 is 1.00 bits per heavy atom. The Morgan fingerprint density at radius 2 is 1.68 bits per heavy atom. The number of hydrogen-bond donors (Lipinski definition) is 0. The highest BCUT2D eigenvalue weighted by Gasteiger charge is 2.21. The molecule has 0 atom stereocenters. The third-order valence-electron chi connectivity index (χ3n) is 4.80. The number of aromatic nitrogens is 2. The molecule has 4 rings (SSSR count). The van der Waals surface area contributed by atoms with Crippen LogP contribution in [-0.4, -0.2) is 46.2 Å². The molecule has 1 aliphatic rings. The molecule has 1 amide bonds. The number of halogens is 1. The van der Waals surface area contributed by atoms with E-state index in [1.54, 1.807) is 35.2 Å². The van der Waals surface area contributed by atoms with E-state index in [0.29, 0.717) is 31.8 Å². The third kappa shape index (κ3) is 3.11. The average Bonchev–Trinajstić information content (AvgIpc) is 2.73. The van der Waals surface area contributed by atoms with E-state index in [1.807, 2.05) is 0 Å². The number of rotatable bonds is 3. The number of ether oxygens (including phenoxy) is 1. The Hall–Kier alpha value is -3.26. The van der Waals surface area contributed by atoms with Crippen molar-refractivity contribution in [1.82, 2.24) is 14.0 Å². The van der Waals surface area contributed by atoms with E-state index in [4.69, 9.17) is 4.74 Å². The number of morpholine rings is 1. The fourth-order valence-electron chi connectivity index (χ4n) is 3.37. The maximum Gasteiger partial charge on any atom is 0.336 e. The first kappa shape index (κ1) is 18.1. The summed E-state index contributed by atoms with van der Waals surface area (Å²) in [4.78, 5) is 40.4. The quantitative estimate of drug-likeness (QED) is 0.680. The summed E-state index contributed by atoms with van der Waals surface area (Å²) in [5.74, 6) is -0.947. The molecule has 0 aliphatic carbocycles. The van der Waals surface area contributed by atoms with Crippen molar-refractivity contribution in [2.24, 2.45) is 0 Å². The monoisotopic (exact) mass is 383 g/mol. The molecule has 0 unspecified atom stereocenters. The molecule has 0 N–H and O–H groups in total. The van der Waals surface area contributed by atoms with Crippen molar-refractivity contribution in [3.8, 4) is 5.69 Å². The molecule has 144 valence electrons. The largest absolute Gasteiger partial charge is 0.378 e. The van der Waals surface area contributed by atoms with Gasteiger partial charge in [-0.1, -0.05) is 24.3 Å².